The van der Waals surface area contributed by atoms with Gasteiger partial charge < -0.3 is 11.1 Å². The molecule has 4 nitrogen and oxygen atoms in total. The van der Waals surface area contributed by atoms with Crippen LogP contribution in [0.5, 0.6) is 0 Å². The smallest absolute Gasteiger partial charge is 0.224 e. The van der Waals surface area contributed by atoms with Crippen LogP contribution in [-0.2, 0) is 4.79 Å². The molecule has 3 unspecified atom stereocenters. The van der Waals surface area contributed by atoms with Crippen LogP contribution in [0.3, 0.4) is 0 Å². The highest BCUT2D eigenvalue weighted by atomic mass is 35.5. The Bertz CT molecular complexity index is 311. The molecule has 1 amide bonds. The van der Waals surface area contributed by atoms with E-state index in [0.717, 1.165) is 19.0 Å². The summed E-state index contributed by atoms with van der Waals surface area (Å²) in [5.41, 5.74) is 5.78. The Kier molecular flexibility index (Phi) is 10.9. The van der Waals surface area contributed by atoms with E-state index in [1.807, 2.05) is 13.8 Å². The van der Waals surface area contributed by atoms with Gasteiger partial charge in [0.25, 0.3) is 0 Å². The van der Waals surface area contributed by atoms with Gasteiger partial charge in [-0.3, -0.25) is 9.69 Å². The van der Waals surface area contributed by atoms with Gasteiger partial charge in [0, 0.05) is 30.6 Å². The number of halogens is 2. The first-order valence-corrected chi connectivity index (χ1v) is 7.52. The molecule has 1 aliphatic rings. The Labute approximate surface area is 142 Å². The molecule has 0 spiro atoms. The van der Waals surface area contributed by atoms with Gasteiger partial charge in [0.05, 0.1) is 0 Å². The van der Waals surface area contributed by atoms with Gasteiger partial charge in [-0.15, -0.1) is 24.8 Å². The van der Waals surface area contributed by atoms with Gasteiger partial charge >= 0.3 is 0 Å². The third kappa shape index (κ3) is 7.18. The van der Waals surface area contributed by atoms with Gasteiger partial charge in [0.15, 0.2) is 0 Å². The number of carbonyl (C=O) groups is 1. The first kappa shape index (κ1) is 23.2. The number of carbonyl (C=O) groups excluding carboxylic acids is 1. The van der Waals surface area contributed by atoms with E-state index >= 15 is 0 Å². The van der Waals surface area contributed by atoms with Crippen molar-refractivity contribution in [2.75, 3.05) is 19.6 Å². The number of piperidine rings is 1. The molecule has 0 aromatic carbocycles. The third-order valence-electron chi connectivity index (χ3n) is 4.41. The van der Waals surface area contributed by atoms with Gasteiger partial charge in [-0.25, -0.2) is 0 Å². The Morgan fingerprint density at radius 3 is 2.43 bits per heavy atom. The molecule has 0 aliphatic carbocycles. The van der Waals surface area contributed by atoms with E-state index in [1.54, 1.807) is 0 Å². The fourth-order valence-corrected chi connectivity index (χ4v) is 2.55. The van der Waals surface area contributed by atoms with Crippen LogP contribution in [-0.4, -0.2) is 42.0 Å². The lowest BCUT2D eigenvalue weighted by molar-refractivity contribution is -0.125. The molecule has 1 fully saturated rings. The molecule has 1 heterocycles. The first-order chi connectivity index (χ1) is 8.74. The molecule has 3 atom stereocenters. The average molecular weight is 342 g/mol. The minimum atomic E-state index is -0.129. The van der Waals surface area contributed by atoms with Crippen LogP contribution in [0, 0.1) is 11.8 Å². The lowest BCUT2D eigenvalue weighted by Gasteiger charge is -2.43. The topological polar surface area (TPSA) is 58.4 Å². The number of rotatable bonds is 5. The third-order valence-corrected chi connectivity index (χ3v) is 4.41. The summed E-state index contributed by atoms with van der Waals surface area (Å²) in [6.45, 7) is 13.4. The molecule has 128 valence electrons. The quantitative estimate of drug-likeness (QED) is 0.807. The van der Waals surface area contributed by atoms with E-state index in [4.69, 9.17) is 5.73 Å². The molecular weight excluding hydrogens is 309 g/mol. The number of amides is 1. The Morgan fingerprint density at radius 1 is 1.38 bits per heavy atom. The molecule has 1 rings (SSSR count). The van der Waals surface area contributed by atoms with Crippen LogP contribution in [0.15, 0.2) is 0 Å². The summed E-state index contributed by atoms with van der Waals surface area (Å²) in [6, 6.07) is -0.0990. The predicted molar refractivity (Wildman–Crippen MR) is 94.4 cm³/mol. The summed E-state index contributed by atoms with van der Waals surface area (Å²) in [5, 5.41) is 3.06. The number of hydrogen-bond donors (Lipinski definition) is 2. The number of nitrogens with two attached hydrogens (primary N) is 1. The fourth-order valence-electron chi connectivity index (χ4n) is 2.55. The van der Waals surface area contributed by atoms with Crippen LogP contribution in [0.25, 0.3) is 0 Å². The van der Waals surface area contributed by atoms with Crippen molar-refractivity contribution in [1.82, 2.24) is 10.2 Å². The minimum Gasteiger partial charge on any atom is -0.354 e. The van der Waals surface area contributed by atoms with E-state index in [1.165, 1.54) is 12.8 Å². The second-order valence-corrected chi connectivity index (χ2v) is 6.87. The van der Waals surface area contributed by atoms with Gasteiger partial charge in [-0.05, 0) is 46.1 Å². The summed E-state index contributed by atoms with van der Waals surface area (Å²) in [7, 11) is 0. The van der Waals surface area contributed by atoms with Crippen LogP contribution < -0.4 is 11.1 Å². The SMILES string of the molecule is CC1CCCN(C(C)(C)CNC(=O)C(C)C(C)N)C1.Cl.Cl. The number of likely N-dealkylation sites (tertiary alicyclic amines) is 1. The average Bonchev–Trinajstić information content (AvgIpc) is 2.35. The van der Waals surface area contributed by atoms with Crippen molar-refractivity contribution >= 4 is 30.7 Å². The van der Waals surface area contributed by atoms with Gasteiger partial charge in [-0.1, -0.05) is 13.8 Å². The Hall–Kier alpha value is -0.0300. The standard InChI is InChI=1S/C15H31N3O.2ClH/c1-11-7-6-8-18(9-11)15(4,5)10-17-14(19)12(2)13(3)16;;/h11-13H,6-10,16H2,1-5H3,(H,17,19);2*1H. The molecule has 1 saturated heterocycles. The molecule has 0 saturated carbocycles. The summed E-state index contributed by atoms with van der Waals surface area (Å²) < 4.78 is 0. The first-order valence-electron chi connectivity index (χ1n) is 7.52. The van der Waals surface area contributed by atoms with E-state index in [2.05, 4.69) is 31.0 Å². The number of nitrogens with zero attached hydrogens (tertiary/aromatic N) is 1. The lowest BCUT2D eigenvalue weighted by atomic mass is 9.93. The summed E-state index contributed by atoms with van der Waals surface area (Å²) >= 11 is 0. The van der Waals surface area contributed by atoms with Crippen molar-refractivity contribution in [2.24, 2.45) is 17.6 Å². The summed E-state index contributed by atoms with van der Waals surface area (Å²) in [4.78, 5) is 14.5. The zero-order valence-corrected chi connectivity index (χ0v) is 15.6. The molecule has 6 heteroatoms. The maximum absolute atomic E-state index is 12.0. The van der Waals surface area contributed by atoms with Crippen LogP contribution in [0.2, 0.25) is 0 Å². The van der Waals surface area contributed by atoms with E-state index < -0.39 is 0 Å². The molecule has 0 bridgehead atoms. The van der Waals surface area contributed by atoms with Crippen molar-refractivity contribution in [3.8, 4) is 0 Å². The second kappa shape index (κ2) is 9.88. The van der Waals surface area contributed by atoms with Crippen LogP contribution in [0.1, 0.15) is 47.5 Å². The van der Waals surface area contributed by atoms with Crippen molar-refractivity contribution in [3.05, 3.63) is 0 Å². The zero-order chi connectivity index (χ0) is 14.6. The fraction of sp³-hybridized carbons (Fsp3) is 0.933. The van der Waals surface area contributed by atoms with Crippen molar-refractivity contribution < 1.29 is 4.79 Å². The predicted octanol–water partition coefficient (Wildman–Crippen LogP) is 2.44. The largest absolute Gasteiger partial charge is 0.354 e. The molecule has 1 aliphatic heterocycles. The number of nitrogens with one attached hydrogen (secondary N) is 1. The molecular formula is C15H33Cl2N3O. The molecule has 21 heavy (non-hydrogen) atoms. The highest BCUT2D eigenvalue weighted by molar-refractivity contribution is 5.85. The lowest BCUT2D eigenvalue weighted by Crippen LogP contribution is -2.55. The molecule has 3 N–H and O–H groups in total. The maximum Gasteiger partial charge on any atom is 0.224 e. The monoisotopic (exact) mass is 341 g/mol. The molecule has 0 aromatic heterocycles. The van der Waals surface area contributed by atoms with Crippen LogP contribution in [0.4, 0.5) is 0 Å². The van der Waals surface area contributed by atoms with Crippen molar-refractivity contribution in [1.29, 1.82) is 0 Å². The van der Waals surface area contributed by atoms with Gasteiger partial charge in [0.1, 0.15) is 0 Å². The van der Waals surface area contributed by atoms with Crippen LogP contribution >= 0.6 is 24.8 Å². The minimum absolute atomic E-state index is 0. The van der Waals surface area contributed by atoms with E-state index in [9.17, 15) is 4.79 Å². The highest BCUT2D eigenvalue weighted by Gasteiger charge is 2.31. The van der Waals surface area contributed by atoms with E-state index in [-0.39, 0.29) is 48.2 Å². The maximum atomic E-state index is 12.0. The molecule has 0 radical (unpaired) electrons. The normalized spacial score (nSPS) is 22.5. The van der Waals surface area contributed by atoms with E-state index in [0.29, 0.717) is 6.54 Å². The molecule has 0 aromatic rings. The van der Waals surface area contributed by atoms with Crippen molar-refractivity contribution in [2.45, 2.75) is 59.0 Å². The highest BCUT2D eigenvalue weighted by Crippen LogP contribution is 2.23. The Morgan fingerprint density at radius 2 is 1.95 bits per heavy atom. The van der Waals surface area contributed by atoms with Crippen molar-refractivity contribution in [3.63, 3.8) is 0 Å². The van der Waals surface area contributed by atoms with Gasteiger partial charge in [-0.2, -0.15) is 0 Å². The second-order valence-electron chi connectivity index (χ2n) is 6.87. The number of hydrogen-bond acceptors (Lipinski definition) is 3. The summed E-state index contributed by atoms with van der Waals surface area (Å²) in [5.74, 6) is 0.691. The Balaban J connectivity index is 0. The zero-order valence-electron chi connectivity index (χ0n) is 14.0. The van der Waals surface area contributed by atoms with Gasteiger partial charge in [0.2, 0.25) is 5.91 Å². The summed E-state index contributed by atoms with van der Waals surface area (Å²) in [6.07, 6.45) is 2.58.